The molecule has 0 radical (unpaired) electrons. The van der Waals surface area contributed by atoms with E-state index in [1.807, 2.05) is 0 Å². The van der Waals surface area contributed by atoms with E-state index >= 15 is 0 Å². The van der Waals surface area contributed by atoms with Gasteiger partial charge in [-0.15, -0.1) is 0 Å². The predicted molar refractivity (Wildman–Crippen MR) is 74.0 cm³/mol. The molecule has 0 aliphatic heterocycles. The molecule has 3 aliphatic rings. The van der Waals surface area contributed by atoms with Gasteiger partial charge in [-0.1, -0.05) is 0 Å². The lowest BCUT2D eigenvalue weighted by Gasteiger charge is -2.13. The second kappa shape index (κ2) is 4.16. The number of nitrogens with one attached hydrogen (secondary N) is 2. The van der Waals surface area contributed by atoms with Gasteiger partial charge >= 0.3 is 0 Å². The molecule has 108 valence electrons. The van der Waals surface area contributed by atoms with Crippen molar-refractivity contribution in [3.63, 3.8) is 0 Å². The molecule has 1 heterocycles. The van der Waals surface area contributed by atoms with Crippen molar-refractivity contribution in [3.05, 3.63) is 18.5 Å². The van der Waals surface area contributed by atoms with Crippen molar-refractivity contribution in [1.82, 2.24) is 9.71 Å². The molecule has 4 N–H and O–H groups in total. The smallest absolute Gasteiger partial charge is 0.244 e. The second-order valence-electron chi connectivity index (χ2n) is 6.15. The van der Waals surface area contributed by atoms with E-state index in [0.29, 0.717) is 17.5 Å². The van der Waals surface area contributed by atoms with Crippen molar-refractivity contribution in [1.29, 1.82) is 0 Å². The zero-order valence-corrected chi connectivity index (χ0v) is 11.8. The standard InChI is InChI=1S/C13H18N4O2S/c14-16-9-3-4-15-6-10(9)20(18,19)17-13-11-7-1-2-8(5-7)12(11)13/h3-4,6-8,11-13,17H,1-2,5,14H2,(H,15,16). The SMILES string of the molecule is NNc1ccncc1S(=O)(=O)NC1C2C3CCC(C3)C12. The normalized spacial score (nSPS) is 37.8. The largest absolute Gasteiger partial charge is 0.323 e. The van der Waals surface area contributed by atoms with E-state index in [1.54, 1.807) is 6.07 Å². The highest BCUT2D eigenvalue weighted by molar-refractivity contribution is 7.89. The van der Waals surface area contributed by atoms with Crippen LogP contribution in [0.3, 0.4) is 0 Å². The quantitative estimate of drug-likeness (QED) is 0.561. The molecule has 4 unspecified atom stereocenters. The number of nitrogen functional groups attached to an aromatic ring is 1. The first-order chi connectivity index (χ1) is 9.62. The lowest BCUT2D eigenvalue weighted by atomic mass is 10.0. The molecule has 3 fully saturated rings. The van der Waals surface area contributed by atoms with Crippen LogP contribution in [0.1, 0.15) is 19.3 Å². The Labute approximate surface area is 118 Å². The van der Waals surface area contributed by atoms with Crippen molar-refractivity contribution in [3.8, 4) is 0 Å². The fraction of sp³-hybridized carbons (Fsp3) is 0.615. The van der Waals surface area contributed by atoms with E-state index in [2.05, 4.69) is 15.1 Å². The molecule has 3 saturated carbocycles. The average molecular weight is 294 g/mol. The van der Waals surface area contributed by atoms with Gasteiger partial charge in [0.15, 0.2) is 0 Å². The van der Waals surface area contributed by atoms with Crippen LogP contribution in [0.5, 0.6) is 0 Å². The molecular formula is C13H18N4O2S. The van der Waals surface area contributed by atoms with Crippen molar-refractivity contribution < 1.29 is 8.42 Å². The molecule has 0 spiro atoms. The molecule has 4 atom stereocenters. The summed E-state index contributed by atoms with van der Waals surface area (Å²) in [6.45, 7) is 0. The molecule has 0 saturated heterocycles. The lowest BCUT2D eigenvalue weighted by molar-refractivity contribution is 0.456. The van der Waals surface area contributed by atoms with E-state index < -0.39 is 10.0 Å². The van der Waals surface area contributed by atoms with Gasteiger partial charge in [-0.2, -0.15) is 0 Å². The van der Waals surface area contributed by atoms with Crippen molar-refractivity contribution >= 4 is 15.7 Å². The number of rotatable bonds is 4. The van der Waals surface area contributed by atoms with Gasteiger partial charge < -0.3 is 5.43 Å². The molecule has 3 aliphatic carbocycles. The third-order valence-electron chi connectivity index (χ3n) is 5.26. The van der Waals surface area contributed by atoms with Gasteiger partial charge in [0.25, 0.3) is 0 Å². The second-order valence-corrected chi connectivity index (χ2v) is 7.83. The summed E-state index contributed by atoms with van der Waals surface area (Å²) in [4.78, 5) is 4.01. The van der Waals surface area contributed by atoms with Crippen LogP contribution in [0.15, 0.2) is 23.4 Å². The molecule has 20 heavy (non-hydrogen) atoms. The molecule has 4 rings (SSSR count). The van der Waals surface area contributed by atoms with Crippen LogP contribution in [-0.4, -0.2) is 19.4 Å². The number of hydrazine groups is 1. The zero-order chi connectivity index (χ0) is 13.9. The zero-order valence-electron chi connectivity index (χ0n) is 11.0. The molecule has 6 nitrogen and oxygen atoms in total. The van der Waals surface area contributed by atoms with Gasteiger partial charge in [0, 0.05) is 18.4 Å². The predicted octanol–water partition coefficient (Wildman–Crippen LogP) is 0.690. The minimum Gasteiger partial charge on any atom is -0.323 e. The average Bonchev–Trinajstić information content (AvgIpc) is 2.85. The fourth-order valence-electron chi connectivity index (χ4n) is 4.44. The molecule has 2 bridgehead atoms. The summed E-state index contributed by atoms with van der Waals surface area (Å²) in [6.07, 6.45) is 6.69. The maximum absolute atomic E-state index is 12.5. The Bertz CT molecular complexity index is 632. The number of sulfonamides is 1. The summed E-state index contributed by atoms with van der Waals surface area (Å²) in [5.74, 6) is 7.97. The van der Waals surface area contributed by atoms with Gasteiger partial charge in [0.2, 0.25) is 10.0 Å². The number of nitrogens with two attached hydrogens (primary N) is 1. The van der Waals surface area contributed by atoms with Crippen LogP contribution >= 0.6 is 0 Å². The van der Waals surface area contributed by atoms with Crippen LogP contribution in [0, 0.1) is 23.7 Å². The van der Waals surface area contributed by atoms with Crippen LogP contribution in [0.4, 0.5) is 5.69 Å². The number of hydrogen-bond acceptors (Lipinski definition) is 5. The van der Waals surface area contributed by atoms with Crippen molar-refractivity contribution in [2.24, 2.45) is 29.5 Å². The molecule has 1 aromatic rings. The summed E-state index contributed by atoms with van der Waals surface area (Å²) in [6, 6.07) is 1.68. The fourth-order valence-corrected chi connectivity index (χ4v) is 5.85. The minimum atomic E-state index is -3.56. The van der Waals surface area contributed by atoms with Crippen LogP contribution in [-0.2, 0) is 10.0 Å². The first kappa shape index (κ1) is 12.6. The highest BCUT2D eigenvalue weighted by Gasteiger charge is 2.65. The number of hydrogen-bond donors (Lipinski definition) is 3. The van der Waals surface area contributed by atoms with Gasteiger partial charge in [-0.05, 0) is 49.0 Å². The minimum absolute atomic E-state index is 0.122. The Morgan fingerprint density at radius 1 is 1.25 bits per heavy atom. The van der Waals surface area contributed by atoms with Gasteiger partial charge in [-0.25, -0.2) is 13.1 Å². The molecule has 1 aromatic heterocycles. The van der Waals surface area contributed by atoms with E-state index in [0.717, 1.165) is 11.8 Å². The topological polar surface area (TPSA) is 97.1 Å². The molecule has 0 amide bonds. The highest BCUT2D eigenvalue weighted by Crippen LogP contribution is 2.65. The summed E-state index contributed by atoms with van der Waals surface area (Å²) in [7, 11) is -3.56. The monoisotopic (exact) mass is 294 g/mol. The first-order valence-corrected chi connectivity index (χ1v) is 8.53. The summed E-state index contributed by atoms with van der Waals surface area (Å²) in [5.41, 5.74) is 2.79. The Balaban J connectivity index is 1.57. The maximum Gasteiger partial charge on any atom is 0.244 e. The number of fused-ring (bicyclic) bond motifs is 5. The van der Waals surface area contributed by atoms with Crippen LogP contribution in [0.25, 0.3) is 0 Å². The number of nitrogens with zero attached hydrogens (tertiary/aromatic N) is 1. The molecule has 0 aromatic carbocycles. The van der Waals surface area contributed by atoms with Crippen molar-refractivity contribution in [2.45, 2.75) is 30.2 Å². The molecule has 7 heteroatoms. The van der Waals surface area contributed by atoms with Crippen molar-refractivity contribution in [2.75, 3.05) is 5.43 Å². The number of pyridine rings is 1. The maximum atomic E-state index is 12.5. The first-order valence-electron chi connectivity index (χ1n) is 7.05. The summed E-state index contributed by atoms with van der Waals surface area (Å²) in [5, 5.41) is 0. The number of aromatic nitrogens is 1. The Morgan fingerprint density at radius 3 is 2.60 bits per heavy atom. The van der Waals surface area contributed by atoms with Crippen LogP contribution < -0.4 is 16.0 Å². The van der Waals surface area contributed by atoms with E-state index in [9.17, 15) is 8.42 Å². The Hall–Kier alpha value is -1.18. The van der Waals surface area contributed by atoms with Gasteiger partial charge in [-0.3, -0.25) is 10.8 Å². The Kier molecular flexibility index (Phi) is 2.61. The van der Waals surface area contributed by atoms with E-state index in [4.69, 9.17) is 5.84 Å². The summed E-state index contributed by atoms with van der Waals surface area (Å²) >= 11 is 0. The van der Waals surface area contributed by atoms with E-state index in [-0.39, 0.29) is 10.9 Å². The van der Waals surface area contributed by atoms with E-state index in [1.165, 1.54) is 31.7 Å². The van der Waals surface area contributed by atoms with Crippen LogP contribution in [0.2, 0.25) is 0 Å². The number of anilines is 1. The highest BCUT2D eigenvalue weighted by atomic mass is 32.2. The Morgan fingerprint density at radius 2 is 1.95 bits per heavy atom. The van der Waals surface area contributed by atoms with Gasteiger partial charge in [0.05, 0.1) is 5.69 Å². The third kappa shape index (κ3) is 1.70. The third-order valence-corrected chi connectivity index (χ3v) is 6.74. The molecular weight excluding hydrogens is 276 g/mol. The summed E-state index contributed by atoms with van der Waals surface area (Å²) < 4.78 is 27.8. The van der Waals surface area contributed by atoms with Gasteiger partial charge in [0.1, 0.15) is 4.90 Å². The lowest BCUT2D eigenvalue weighted by Crippen LogP contribution is -2.31.